The Hall–Kier alpha value is -3.64. The van der Waals surface area contributed by atoms with Gasteiger partial charge in [0.25, 0.3) is 0 Å². The van der Waals surface area contributed by atoms with E-state index in [4.69, 9.17) is 0 Å². The van der Waals surface area contributed by atoms with Crippen LogP contribution in [0.25, 0.3) is 28.1 Å². The van der Waals surface area contributed by atoms with Gasteiger partial charge in [0.15, 0.2) is 0 Å². The number of hydrogen-bond donors (Lipinski definition) is 0. The zero-order valence-electron chi connectivity index (χ0n) is 15.8. The second kappa shape index (κ2) is 7.17. The van der Waals surface area contributed by atoms with Gasteiger partial charge in [0.05, 0.1) is 11.6 Å². The van der Waals surface area contributed by atoms with Gasteiger partial charge >= 0.3 is 0 Å². The zero-order valence-corrected chi connectivity index (χ0v) is 15.8. The quantitative estimate of drug-likeness (QED) is 0.383. The third-order valence-corrected chi connectivity index (χ3v) is 5.04. The van der Waals surface area contributed by atoms with Gasteiger partial charge in [-0.25, -0.2) is 4.39 Å². The van der Waals surface area contributed by atoms with E-state index >= 15 is 0 Å². The van der Waals surface area contributed by atoms with Crippen molar-refractivity contribution in [1.82, 2.24) is 4.57 Å². The van der Waals surface area contributed by atoms with Crippen molar-refractivity contribution in [2.45, 2.75) is 13.8 Å². The van der Waals surface area contributed by atoms with Crippen LogP contribution in [0.15, 0.2) is 72.8 Å². The predicted octanol–water partition coefficient (Wildman–Crippen LogP) is 6.45. The Morgan fingerprint density at radius 2 is 1.64 bits per heavy atom. The van der Waals surface area contributed by atoms with E-state index in [9.17, 15) is 9.65 Å². The molecule has 0 fully saturated rings. The Morgan fingerprint density at radius 1 is 0.929 bits per heavy atom. The summed E-state index contributed by atoms with van der Waals surface area (Å²) in [7, 11) is 0. The molecule has 0 aliphatic rings. The number of nitrogens with zero attached hydrogens (tertiary/aromatic N) is 2. The third-order valence-electron chi connectivity index (χ3n) is 5.04. The molecule has 0 bridgehead atoms. The van der Waals surface area contributed by atoms with Crippen LogP contribution in [-0.4, -0.2) is 4.57 Å². The molecule has 0 atom stereocenters. The second-order valence-electron chi connectivity index (χ2n) is 6.87. The van der Waals surface area contributed by atoms with E-state index in [0.29, 0.717) is 5.57 Å². The lowest BCUT2D eigenvalue weighted by Crippen LogP contribution is -1.99. The van der Waals surface area contributed by atoms with Crippen molar-refractivity contribution in [3.8, 4) is 11.8 Å². The molecule has 0 unspecified atom stereocenters. The van der Waals surface area contributed by atoms with E-state index in [1.54, 1.807) is 12.1 Å². The maximum absolute atomic E-state index is 13.3. The average molecular weight is 366 g/mol. The van der Waals surface area contributed by atoms with Crippen molar-refractivity contribution in [2.75, 3.05) is 0 Å². The van der Waals surface area contributed by atoms with Gasteiger partial charge in [-0.15, -0.1) is 0 Å². The van der Waals surface area contributed by atoms with E-state index in [1.165, 1.54) is 12.1 Å². The number of halogens is 1. The first kappa shape index (κ1) is 17.8. The summed E-state index contributed by atoms with van der Waals surface area (Å²) < 4.78 is 15.3. The fourth-order valence-electron chi connectivity index (χ4n) is 3.61. The Kier molecular flexibility index (Phi) is 4.55. The van der Waals surface area contributed by atoms with E-state index in [0.717, 1.165) is 39.0 Å². The normalized spacial score (nSPS) is 11.6. The molecule has 0 spiro atoms. The van der Waals surface area contributed by atoms with Crippen LogP contribution in [0.5, 0.6) is 0 Å². The predicted molar refractivity (Wildman–Crippen MR) is 113 cm³/mol. The number of nitriles is 1. The second-order valence-corrected chi connectivity index (χ2v) is 6.87. The van der Waals surface area contributed by atoms with Crippen LogP contribution in [0.3, 0.4) is 0 Å². The topological polar surface area (TPSA) is 28.7 Å². The highest BCUT2D eigenvalue weighted by molar-refractivity contribution is 5.94. The summed E-state index contributed by atoms with van der Waals surface area (Å²) in [6.45, 7) is 4.02. The Balaban J connectivity index is 1.79. The largest absolute Gasteiger partial charge is 0.318 e. The number of fused-ring (bicyclic) bond motifs is 1. The van der Waals surface area contributed by atoms with Gasteiger partial charge in [-0.3, -0.25) is 0 Å². The highest BCUT2D eigenvalue weighted by atomic mass is 19.1. The molecule has 4 aromatic rings. The minimum Gasteiger partial charge on any atom is -0.318 e. The van der Waals surface area contributed by atoms with Gasteiger partial charge in [0, 0.05) is 17.1 Å². The van der Waals surface area contributed by atoms with Crippen LogP contribution in [0, 0.1) is 31.0 Å². The molecule has 0 saturated carbocycles. The number of aromatic nitrogens is 1. The summed E-state index contributed by atoms with van der Waals surface area (Å²) >= 11 is 0. The number of benzene rings is 3. The molecule has 3 heteroatoms. The van der Waals surface area contributed by atoms with Crippen LogP contribution in [-0.2, 0) is 0 Å². The first-order chi connectivity index (χ1) is 13.6. The molecular formula is C25H19FN2. The zero-order chi connectivity index (χ0) is 19.7. The van der Waals surface area contributed by atoms with E-state index in [2.05, 4.69) is 22.8 Å². The lowest BCUT2D eigenvalue weighted by Gasteiger charge is -2.09. The van der Waals surface area contributed by atoms with Crippen molar-refractivity contribution in [1.29, 1.82) is 5.26 Å². The Morgan fingerprint density at radius 3 is 2.36 bits per heavy atom. The molecule has 4 rings (SSSR count). The first-order valence-electron chi connectivity index (χ1n) is 9.12. The van der Waals surface area contributed by atoms with Gasteiger partial charge in [0.1, 0.15) is 5.82 Å². The summed E-state index contributed by atoms with van der Waals surface area (Å²) in [5.74, 6) is -0.255. The van der Waals surface area contributed by atoms with E-state index < -0.39 is 0 Å². The third kappa shape index (κ3) is 3.21. The Labute approximate surface area is 163 Å². The SMILES string of the molecule is Cc1cc(/C=C(/C#N)c2ccc3ccccc3c2)c(C)n1-c1ccc(F)cc1. The molecule has 0 aliphatic heterocycles. The van der Waals surface area contributed by atoms with E-state index in [1.807, 2.05) is 56.3 Å². The number of allylic oxidation sites excluding steroid dienone is 1. The fraction of sp³-hybridized carbons (Fsp3) is 0.0800. The van der Waals surface area contributed by atoms with Crippen molar-refractivity contribution in [3.63, 3.8) is 0 Å². The smallest absolute Gasteiger partial charge is 0.123 e. The molecule has 3 aromatic carbocycles. The highest BCUT2D eigenvalue weighted by Crippen LogP contribution is 2.27. The molecule has 2 nitrogen and oxygen atoms in total. The summed E-state index contributed by atoms with van der Waals surface area (Å²) in [5.41, 5.74) is 5.44. The minimum absolute atomic E-state index is 0.255. The first-order valence-corrected chi connectivity index (χ1v) is 9.12. The van der Waals surface area contributed by atoms with Crippen molar-refractivity contribution in [3.05, 3.63) is 101 Å². The van der Waals surface area contributed by atoms with Crippen LogP contribution < -0.4 is 0 Å². The lowest BCUT2D eigenvalue weighted by molar-refractivity contribution is 0.627. The van der Waals surface area contributed by atoms with Crippen LogP contribution in [0.4, 0.5) is 4.39 Å². The van der Waals surface area contributed by atoms with Gasteiger partial charge in [0.2, 0.25) is 0 Å². The summed E-state index contributed by atoms with van der Waals surface area (Å²) in [6, 6.07) is 25.0. The average Bonchev–Trinajstić information content (AvgIpc) is 2.99. The van der Waals surface area contributed by atoms with Gasteiger partial charge in [-0.2, -0.15) is 5.26 Å². The maximum atomic E-state index is 13.3. The summed E-state index contributed by atoms with van der Waals surface area (Å²) in [5, 5.41) is 12.0. The van der Waals surface area contributed by atoms with Gasteiger partial charge in [-0.05, 0) is 78.2 Å². The van der Waals surface area contributed by atoms with Crippen molar-refractivity contribution < 1.29 is 4.39 Å². The maximum Gasteiger partial charge on any atom is 0.123 e. The highest BCUT2D eigenvalue weighted by Gasteiger charge is 2.11. The molecule has 28 heavy (non-hydrogen) atoms. The summed E-state index contributed by atoms with van der Waals surface area (Å²) in [6.07, 6.45) is 1.92. The number of rotatable bonds is 3. The molecule has 136 valence electrons. The molecule has 1 aromatic heterocycles. The van der Waals surface area contributed by atoms with Crippen LogP contribution >= 0.6 is 0 Å². The number of aryl methyl sites for hydroxylation is 1. The molecular weight excluding hydrogens is 347 g/mol. The van der Waals surface area contributed by atoms with Gasteiger partial charge < -0.3 is 4.57 Å². The molecule has 0 saturated heterocycles. The fourth-order valence-corrected chi connectivity index (χ4v) is 3.61. The summed E-state index contributed by atoms with van der Waals surface area (Å²) in [4.78, 5) is 0. The minimum atomic E-state index is -0.255. The van der Waals surface area contributed by atoms with Crippen LogP contribution in [0.1, 0.15) is 22.5 Å². The molecule has 0 aliphatic carbocycles. The Bertz CT molecular complexity index is 1240. The monoisotopic (exact) mass is 366 g/mol. The number of hydrogen-bond acceptors (Lipinski definition) is 1. The molecule has 0 N–H and O–H groups in total. The van der Waals surface area contributed by atoms with E-state index in [-0.39, 0.29) is 5.82 Å². The standard InChI is InChI=1S/C25H19FN2/c1-17-13-22(18(2)28(17)25-11-9-24(26)10-12-25)15-23(16-27)21-8-7-19-5-3-4-6-20(19)14-21/h3-15H,1-2H3/b23-15-. The molecule has 0 amide bonds. The molecule has 0 radical (unpaired) electrons. The molecule has 1 heterocycles. The van der Waals surface area contributed by atoms with Crippen molar-refractivity contribution >= 4 is 22.4 Å². The van der Waals surface area contributed by atoms with Crippen LogP contribution in [0.2, 0.25) is 0 Å². The lowest BCUT2D eigenvalue weighted by atomic mass is 10.0. The van der Waals surface area contributed by atoms with Gasteiger partial charge in [-0.1, -0.05) is 36.4 Å². The van der Waals surface area contributed by atoms with Crippen molar-refractivity contribution in [2.24, 2.45) is 0 Å².